The lowest BCUT2D eigenvalue weighted by Crippen LogP contribution is -1.92. The summed E-state index contributed by atoms with van der Waals surface area (Å²) in [7, 11) is 1.68. The fraction of sp³-hybridized carbons (Fsp3) is 0.174. The average Bonchev–Trinajstić information content (AvgIpc) is 3.35. The van der Waals surface area contributed by atoms with Crippen molar-refractivity contribution in [1.82, 2.24) is 4.98 Å². The first kappa shape index (κ1) is 16.7. The van der Waals surface area contributed by atoms with E-state index in [9.17, 15) is 0 Å². The summed E-state index contributed by atoms with van der Waals surface area (Å²) >= 11 is 0. The molecule has 0 saturated heterocycles. The van der Waals surface area contributed by atoms with Crippen LogP contribution in [-0.2, 0) is 0 Å². The second-order valence-corrected chi connectivity index (χ2v) is 6.83. The number of hydrogen-bond acceptors (Lipinski definition) is 5. The van der Waals surface area contributed by atoms with E-state index < -0.39 is 0 Å². The van der Waals surface area contributed by atoms with Gasteiger partial charge in [-0.2, -0.15) is 0 Å². The van der Waals surface area contributed by atoms with Crippen LogP contribution in [0.5, 0.6) is 17.2 Å². The summed E-state index contributed by atoms with van der Waals surface area (Å²) in [6.45, 7) is 4.36. The van der Waals surface area contributed by atoms with E-state index in [1.807, 2.05) is 55.5 Å². The van der Waals surface area contributed by atoms with E-state index in [2.05, 4.69) is 11.9 Å². The van der Waals surface area contributed by atoms with Crippen LogP contribution in [0.3, 0.4) is 0 Å². The Morgan fingerprint density at radius 2 is 1.64 bits per heavy atom. The number of aromatic nitrogens is 1. The van der Waals surface area contributed by atoms with Crippen LogP contribution in [0.2, 0.25) is 0 Å². The van der Waals surface area contributed by atoms with Crippen molar-refractivity contribution in [3.8, 4) is 39.8 Å². The average molecular weight is 373 g/mol. The maximum atomic E-state index is 6.11. The van der Waals surface area contributed by atoms with E-state index >= 15 is 0 Å². The maximum Gasteiger partial charge on any atom is 0.231 e. The van der Waals surface area contributed by atoms with Gasteiger partial charge >= 0.3 is 0 Å². The molecule has 4 aromatic rings. The molecule has 0 atom stereocenters. The van der Waals surface area contributed by atoms with Crippen LogP contribution in [0.15, 0.2) is 52.9 Å². The molecule has 2 heterocycles. The number of nitrogens with zero attached hydrogens (tertiary/aromatic N) is 1. The molecule has 1 aliphatic rings. The minimum Gasteiger partial charge on any atom is -0.496 e. The van der Waals surface area contributed by atoms with Gasteiger partial charge in [0.2, 0.25) is 12.7 Å². The molecule has 1 aromatic heterocycles. The molecule has 0 aliphatic carbocycles. The highest BCUT2D eigenvalue weighted by molar-refractivity contribution is 5.83. The number of hydrogen-bond donors (Lipinski definition) is 0. The van der Waals surface area contributed by atoms with Gasteiger partial charge < -0.3 is 18.6 Å². The fourth-order valence-corrected chi connectivity index (χ4v) is 3.54. The number of fused-ring (bicyclic) bond motifs is 2. The van der Waals surface area contributed by atoms with Crippen LogP contribution < -0.4 is 14.2 Å². The minimum atomic E-state index is 0.268. The van der Waals surface area contributed by atoms with Gasteiger partial charge in [0, 0.05) is 5.56 Å². The van der Waals surface area contributed by atoms with Gasteiger partial charge in [-0.05, 0) is 72.5 Å². The highest BCUT2D eigenvalue weighted by Crippen LogP contribution is 2.37. The summed E-state index contributed by atoms with van der Waals surface area (Å²) in [5.74, 6) is 3.01. The quantitative estimate of drug-likeness (QED) is 0.473. The second-order valence-electron chi connectivity index (χ2n) is 6.83. The standard InChI is InChI=1S/C23H19NO4/c1-13-14(2)19(25-3)9-6-17(13)23-24-18-7-4-15(10-21(18)28-23)16-5-8-20-22(11-16)27-12-26-20/h4-11H,12H2,1-3H3. The highest BCUT2D eigenvalue weighted by atomic mass is 16.7. The van der Waals surface area contributed by atoms with Gasteiger partial charge in [0.25, 0.3) is 0 Å². The number of methoxy groups -OCH3 is 1. The van der Waals surface area contributed by atoms with Crippen LogP contribution in [-0.4, -0.2) is 18.9 Å². The summed E-state index contributed by atoms with van der Waals surface area (Å²) in [6.07, 6.45) is 0. The monoisotopic (exact) mass is 373 g/mol. The lowest BCUT2D eigenvalue weighted by atomic mass is 10.0. The summed E-state index contributed by atoms with van der Waals surface area (Å²) in [5, 5.41) is 0. The number of ether oxygens (including phenoxy) is 3. The van der Waals surface area contributed by atoms with Crippen LogP contribution in [0, 0.1) is 13.8 Å². The molecule has 0 unspecified atom stereocenters. The Bertz CT molecular complexity index is 1210. The fourth-order valence-electron chi connectivity index (χ4n) is 3.54. The van der Waals surface area contributed by atoms with Gasteiger partial charge in [0.15, 0.2) is 17.1 Å². The SMILES string of the molecule is COc1ccc(-c2nc3ccc(-c4ccc5c(c4)OCO5)cc3o2)c(C)c1C. The molecule has 5 rings (SSSR count). The smallest absolute Gasteiger partial charge is 0.231 e. The number of rotatable bonds is 3. The highest BCUT2D eigenvalue weighted by Gasteiger charge is 2.16. The molecule has 0 amide bonds. The first-order valence-corrected chi connectivity index (χ1v) is 9.09. The van der Waals surface area contributed by atoms with E-state index in [0.717, 1.165) is 56.2 Å². The molecule has 0 spiro atoms. The maximum absolute atomic E-state index is 6.11. The summed E-state index contributed by atoms with van der Waals surface area (Å²) < 4.78 is 22.4. The Morgan fingerprint density at radius 3 is 2.50 bits per heavy atom. The van der Waals surface area contributed by atoms with Crippen LogP contribution in [0.4, 0.5) is 0 Å². The van der Waals surface area contributed by atoms with Crippen LogP contribution in [0.25, 0.3) is 33.7 Å². The zero-order valence-electron chi connectivity index (χ0n) is 15.9. The van der Waals surface area contributed by atoms with E-state index in [1.165, 1.54) is 0 Å². The van der Waals surface area contributed by atoms with Gasteiger partial charge in [-0.15, -0.1) is 0 Å². The number of oxazole rings is 1. The van der Waals surface area contributed by atoms with Crippen LogP contribution >= 0.6 is 0 Å². The molecule has 28 heavy (non-hydrogen) atoms. The van der Waals surface area contributed by atoms with Crippen molar-refractivity contribution >= 4 is 11.1 Å². The normalized spacial score (nSPS) is 12.5. The van der Waals surface area contributed by atoms with E-state index in [4.69, 9.17) is 18.6 Å². The minimum absolute atomic E-state index is 0.268. The Kier molecular flexibility index (Phi) is 3.76. The Hall–Kier alpha value is -3.47. The van der Waals surface area contributed by atoms with E-state index in [0.29, 0.717) is 5.89 Å². The van der Waals surface area contributed by atoms with Gasteiger partial charge in [0.05, 0.1) is 7.11 Å². The Labute approximate surface area is 162 Å². The molecule has 5 nitrogen and oxygen atoms in total. The van der Waals surface area contributed by atoms with Crippen LogP contribution in [0.1, 0.15) is 11.1 Å². The number of benzene rings is 3. The summed E-state index contributed by atoms with van der Waals surface area (Å²) in [6, 6.07) is 15.9. The molecular weight excluding hydrogens is 354 g/mol. The molecule has 140 valence electrons. The van der Waals surface area contributed by atoms with Crippen molar-refractivity contribution in [1.29, 1.82) is 0 Å². The molecule has 0 bridgehead atoms. The van der Waals surface area contributed by atoms with Crippen molar-refractivity contribution < 1.29 is 18.6 Å². The molecule has 0 saturated carbocycles. The van der Waals surface area contributed by atoms with E-state index in [1.54, 1.807) is 7.11 Å². The molecule has 0 N–H and O–H groups in total. The van der Waals surface area contributed by atoms with E-state index in [-0.39, 0.29) is 6.79 Å². The lowest BCUT2D eigenvalue weighted by molar-refractivity contribution is 0.174. The third-order valence-electron chi connectivity index (χ3n) is 5.28. The molecule has 3 aromatic carbocycles. The van der Waals surface area contributed by atoms with Crippen molar-refractivity contribution in [3.05, 3.63) is 59.7 Å². The third-order valence-corrected chi connectivity index (χ3v) is 5.28. The second kappa shape index (κ2) is 6.30. The zero-order valence-corrected chi connectivity index (χ0v) is 15.9. The lowest BCUT2D eigenvalue weighted by Gasteiger charge is -2.10. The van der Waals surface area contributed by atoms with Crippen molar-refractivity contribution in [3.63, 3.8) is 0 Å². The Morgan fingerprint density at radius 1 is 0.857 bits per heavy atom. The summed E-state index contributed by atoms with van der Waals surface area (Å²) in [5.41, 5.74) is 6.81. The van der Waals surface area contributed by atoms with Crippen molar-refractivity contribution in [2.75, 3.05) is 13.9 Å². The van der Waals surface area contributed by atoms with Crippen molar-refractivity contribution in [2.45, 2.75) is 13.8 Å². The predicted octanol–water partition coefficient (Wildman–Crippen LogP) is 5.52. The molecule has 1 aliphatic heterocycles. The van der Waals surface area contributed by atoms with Gasteiger partial charge in [-0.1, -0.05) is 12.1 Å². The zero-order chi connectivity index (χ0) is 19.3. The molecule has 5 heteroatoms. The largest absolute Gasteiger partial charge is 0.496 e. The molecular formula is C23H19NO4. The van der Waals surface area contributed by atoms with Gasteiger partial charge in [0.1, 0.15) is 11.3 Å². The first-order valence-electron chi connectivity index (χ1n) is 9.09. The third kappa shape index (κ3) is 2.59. The van der Waals surface area contributed by atoms with Crippen molar-refractivity contribution in [2.24, 2.45) is 0 Å². The topological polar surface area (TPSA) is 53.7 Å². The first-order chi connectivity index (χ1) is 13.6. The van der Waals surface area contributed by atoms with Gasteiger partial charge in [-0.25, -0.2) is 4.98 Å². The molecule has 0 radical (unpaired) electrons. The summed E-state index contributed by atoms with van der Waals surface area (Å²) in [4.78, 5) is 4.68. The molecule has 0 fully saturated rings. The van der Waals surface area contributed by atoms with Gasteiger partial charge in [-0.3, -0.25) is 0 Å². The Balaban J connectivity index is 1.57. The predicted molar refractivity (Wildman–Crippen MR) is 107 cm³/mol.